The number of hydrogen-bond acceptors (Lipinski definition) is 4. The Balaban J connectivity index is 2.59. The van der Waals surface area contributed by atoms with Crippen molar-refractivity contribution in [2.24, 2.45) is 0 Å². The van der Waals surface area contributed by atoms with Crippen LogP contribution in [0.3, 0.4) is 0 Å². The Hall–Kier alpha value is -1.89. The summed E-state index contributed by atoms with van der Waals surface area (Å²) in [6, 6.07) is 0. The maximum atomic E-state index is 11.3. The van der Waals surface area contributed by atoms with Gasteiger partial charge in [0, 0.05) is 12.7 Å². The number of carbonyl (C=O) groups is 2. The van der Waals surface area contributed by atoms with E-state index in [0.717, 1.165) is 4.68 Å². The average molecular weight is 213 g/mol. The first-order valence-electron chi connectivity index (χ1n) is 4.27. The van der Waals surface area contributed by atoms with Gasteiger partial charge in [-0.25, -0.2) is 0 Å². The Morgan fingerprint density at radius 1 is 1.53 bits per heavy atom. The van der Waals surface area contributed by atoms with E-state index in [-0.39, 0.29) is 31.2 Å². The first-order valence-corrected chi connectivity index (χ1v) is 4.27. The largest absolute Gasteiger partial charge is 0.480 e. The Labute approximate surface area is 85.3 Å². The van der Waals surface area contributed by atoms with Gasteiger partial charge in [-0.1, -0.05) is 0 Å². The molecule has 1 amide bonds. The number of carboxylic acids is 1. The quantitative estimate of drug-likeness (QED) is 0.563. The molecule has 1 aromatic rings. The first kappa shape index (κ1) is 11.2. The molecule has 0 aliphatic rings. The molecule has 15 heavy (non-hydrogen) atoms. The molecule has 0 unspecified atom stereocenters. The molecule has 0 atom stereocenters. The summed E-state index contributed by atoms with van der Waals surface area (Å²) in [5.41, 5.74) is 0.268. The minimum Gasteiger partial charge on any atom is -0.480 e. The van der Waals surface area contributed by atoms with Crippen molar-refractivity contribution in [3.05, 3.63) is 18.0 Å². The van der Waals surface area contributed by atoms with Crippen molar-refractivity contribution in [1.82, 2.24) is 15.1 Å². The highest BCUT2D eigenvalue weighted by Crippen LogP contribution is 1.97. The summed E-state index contributed by atoms with van der Waals surface area (Å²) in [4.78, 5) is 21.6. The van der Waals surface area contributed by atoms with Crippen LogP contribution in [0.15, 0.2) is 12.4 Å². The SMILES string of the molecule is O=C(O)Cn1cc(C(=O)NCCO)cn1. The van der Waals surface area contributed by atoms with Crippen molar-refractivity contribution >= 4 is 11.9 Å². The van der Waals surface area contributed by atoms with E-state index in [2.05, 4.69) is 10.4 Å². The fourth-order valence-corrected chi connectivity index (χ4v) is 0.977. The van der Waals surface area contributed by atoms with E-state index in [4.69, 9.17) is 10.2 Å². The highest BCUT2D eigenvalue weighted by molar-refractivity contribution is 5.93. The predicted octanol–water partition coefficient (Wildman–Crippen LogP) is -1.31. The number of nitrogens with zero attached hydrogens (tertiary/aromatic N) is 2. The van der Waals surface area contributed by atoms with Crippen LogP contribution < -0.4 is 5.32 Å². The standard InChI is InChI=1S/C8H11N3O4/c12-2-1-9-8(15)6-3-10-11(4-6)5-7(13)14/h3-4,12H,1-2,5H2,(H,9,15)(H,13,14). The summed E-state index contributed by atoms with van der Waals surface area (Å²) < 4.78 is 1.15. The third kappa shape index (κ3) is 3.39. The molecule has 0 aliphatic carbocycles. The van der Waals surface area contributed by atoms with Gasteiger partial charge in [-0.3, -0.25) is 14.3 Å². The van der Waals surface area contributed by atoms with Gasteiger partial charge in [0.1, 0.15) is 6.54 Å². The smallest absolute Gasteiger partial charge is 0.325 e. The third-order valence-electron chi connectivity index (χ3n) is 1.59. The zero-order chi connectivity index (χ0) is 11.3. The molecule has 0 bridgehead atoms. The number of hydrogen-bond donors (Lipinski definition) is 3. The fraction of sp³-hybridized carbons (Fsp3) is 0.375. The van der Waals surface area contributed by atoms with Crippen LogP contribution in [0.2, 0.25) is 0 Å². The summed E-state index contributed by atoms with van der Waals surface area (Å²) >= 11 is 0. The molecule has 7 heteroatoms. The lowest BCUT2D eigenvalue weighted by Gasteiger charge is -1.98. The molecule has 1 heterocycles. The van der Waals surface area contributed by atoms with Crippen molar-refractivity contribution in [3.63, 3.8) is 0 Å². The Morgan fingerprint density at radius 2 is 2.27 bits per heavy atom. The summed E-state index contributed by atoms with van der Waals surface area (Å²) in [5, 5.41) is 23.1. The lowest BCUT2D eigenvalue weighted by Crippen LogP contribution is -2.26. The summed E-state index contributed by atoms with van der Waals surface area (Å²) in [5.74, 6) is -1.42. The maximum absolute atomic E-state index is 11.3. The molecule has 0 aromatic carbocycles. The lowest BCUT2D eigenvalue weighted by molar-refractivity contribution is -0.137. The molecule has 7 nitrogen and oxygen atoms in total. The van der Waals surface area contributed by atoms with Crippen LogP contribution in [0, 0.1) is 0 Å². The van der Waals surface area contributed by atoms with Crippen LogP contribution in [0.25, 0.3) is 0 Å². The number of aliphatic hydroxyl groups is 1. The summed E-state index contributed by atoms with van der Waals surface area (Å²) in [6.07, 6.45) is 2.61. The molecule has 82 valence electrons. The van der Waals surface area contributed by atoms with Crippen molar-refractivity contribution in [2.75, 3.05) is 13.2 Å². The highest BCUT2D eigenvalue weighted by atomic mass is 16.4. The van der Waals surface area contributed by atoms with Crippen molar-refractivity contribution in [1.29, 1.82) is 0 Å². The van der Waals surface area contributed by atoms with Crippen LogP contribution in [-0.4, -0.2) is 45.0 Å². The molecule has 0 spiro atoms. The molecule has 1 aromatic heterocycles. The number of rotatable bonds is 5. The molecule has 0 radical (unpaired) electrons. The fourth-order valence-electron chi connectivity index (χ4n) is 0.977. The second kappa shape index (κ2) is 5.11. The Bertz CT molecular complexity index is 361. The van der Waals surface area contributed by atoms with Crippen LogP contribution in [0.1, 0.15) is 10.4 Å². The topological polar surface area (TPSA) is 104 Å². The van der Waals surface area contributed by atoms with Crippen molar-refractivity contribution < 1.29 is 19.8 Å². The second-order valence-corrected chi connectivity index (χ2v) is 2.80. The molecule has 0 aliphatic heterocycles. The van der Waals surface area contributed by atoms with Gasteiger partial charge in [-0.15, -0.1) is 0 Å². The number of carbonyl (C=O) groups excluding carboxylic acids is 1. The van der Waals surface area contributed by atoms with E-state index in [0.29, 0.717) is 0 Å². The van der Waals surface area contributed by atoms with Gasteiger partial charge in [0.15, 0.2) is 0 Å². The van der Waals surface area contributed by atoms with E-state index < -0.39 is 5.97 Å². The van der Waals surface area contributed by atoms with Gasteiger partial charge in [-0.05, 0) is 0 Å². The summed E-state index contributed by atoms with van der Waals surface area (Å²) in [6.45, 7) is -0.273. The summed E-state index contributed by atoms with van der Waals surface area (Å²) in [7, 11) is 0. The van der Waals surface area contributed by atoms with E-state index in [1.807, 2.05) is 0 Å². The molecule has 3 N–H and O–H groups in total. The minimum absolute atomic E-state index is 0.144. The predicted molar refractivity (Wildman–Crippen MR) is 49.3 cm³/mol. The number of nitrogens with one attached hydrogen (secondary N) is 1. The average Bonchev–Trinajstić information content (AvgIpc) is 2.61. The Morgan fingerprint density at radius 3 is 2.87 bits per heavy atom. The van der Waals surface area contributed by atoms with Gasteiger partial charge in [0.05, 0.1) is 18.4 Å². The van der Waals surface area contributed by atoms with Gasteiger partial charge >= 0.3 is 5.97 Å². The zero-order valence-corrected chi connectivity index (χ0v) is 7.88. The molecule has 0 saturated carbocycles. The molecule has 0 fully saturated rings. The minimum atomic E-state index is -1.03. The Kier molecular flexibility index (Phi) is 3.81. The zero-order valence-electron chi connectivity index (χ0n) is 7.88. The number of aromatic nitrogens is 2. The van der Waals surface area contributed by atoms with Crippen LogP contribution in [0.4, 0.5) is 0 Å². The number of aliphatic hydroxyl groups excluding tert-OH is 1. The first-order chi connectivity index (χ1) is 7.13. The van der Waals surface area contributed by atoms with Crippen LogP contribution >= 0.6 is 0 Å². The number of aliphatic carboxylic acids is 1. The van der Waals surface area contributed by atoms with Crippen LogP contribution in [-0.2, 0) is 11.3 Å². The van der Waals surface area contributed by atoms with Gasteiger partial charge in [0.25, 0.3) is 5.91 Å². The number of amides is 1. The van der Waals surface area contributed by atoms with Gasteiger partial charge < -0.3 is 15.5 Å². The molecule has 0 saturated heterocycles. The van der Waals surface area contributed by atoms with E-state index in [9.17, 15) is 9.59 Å². The molecular formula is C8H11N3O4. The van der Waals surface area contributed by atoms with Crippen molar-refractivity contribution in [3.8, 4) is 0 Å². The second-order valence-electron chi connectivity index (χ2n) is 2.80. The maximum Gasteiger partial charge on any atom is 0.325 e. The normalized spacial score (nSPS) is 9.93. The lowest BCUT2D eigenvalue weighted by atomic mass is 10.3. The molecular weight excluding hydrogens is 202 g/mol. The van der Waals surface area contributed by atoms with Crippen molar-refractivity contribution in [2.45, 2.75) is 6.54 Å². The van der Waals surface area contributed by atoms with Gasteiger partial charge in [-0.2, -0.15) is 5.10 Å². The van der Waals surface area contributed by atoms with E-state index in [1.165, 1.54) is 12.4 Å². The van der Waals surface area contributed by atoms with E-state index in [1.54, 1.807) is 0 Å². The highest BCUT2D eigenvalue weighted by Gasteiger charge is 2.08. The third-order valence-corrected chi connectivity index (χ3v) is 1.59. The van der Waals surface area contributed by atoms with E-state index >= 15 is 0 Å². The monoisotopic (exact) mass is 213 g/mol. The van der Waals surface area contributed by atoms with Gasteiger partial charge in [0.2, 0.25) is 0 Å². The van der Waals surface area contributed by atoms with Crippen LogP contribution in [0.5, 0.6) is 0 Å². The molecule has 1 rings (SSSR count). The number of carboxylic acid groups (broad SMARTS) is 1.